The number of halogens is 1. The third kappa shape index (κ3) is 2.65. The van der Waals surface area contributed by atoms with E-state index < -0.39 is 0 Å². The number of rotatable bonds is 4. The molecule has 0 saturated heterocycles. The fourth-order valence-electron chi connectivity index (χ4n) is 1.62. The predicted octanol–water partition coefficient (Wildman–Crippen LogP) is 2.55. The van der Waals surface area contributed by atoms with Gasteiger partial charge in [0.2, 0.25) is 0 Å². The van der Waals surface area contributed by atoms with Gasteiger partial charge in [0.25, 0.3) is 0 Å². The number of aryl methyl sites for hydroxylation is 1. The van der Waals surface area contributed by atoms with Crippen LogP contribution in [0.25, 0.3) is 11.4 Å². The summed E-state index contributed by atoms with van der Waals surface area (Å²) < 4.78 is 7.02. The van der Waals surface area contributed by atoms with Gasteiger partial charge in [0.1, 0.15) is 6.33 Å². The zero-order chi connectivity index (χ0) is 12.3. The lowest BCUT2D eigenvalue weighted by atomic mass is 10.1. The molecule has 1 aromatic carbocycles. The zero-order valence-electron chi connectivity index (χ0n) is 9.85. The zero-order valence-corrected chi connectivity index (χ0v) is 10.6. The molecule has 0 atom stereocenters. The van der Waals surface area contributed by atoms with Crippen molar-refractivity contribution in [3.05, 3.63) is 35.1 Å². The molecular formula is C12H14ClN3O. The third-order valence-corrected chi connectivity index (χ3v) is 2.99. The summed E-state index contributed by atoms with van der Waals surface area (Å²) >= 11 is 6.00. The number of hydrogen-bond acceptors (Lipinski definition) is 3. The maximum atomic E-state index is 6.00. The molecule has 0 unspecified atom stereocenters. The number of aromatic nitrogens is 3. The van der Waals surface area contributed by atoms with Gasteiger partial charge in [-0.3, -0.25) is 0 Å². The Morgan fingerprint density at radius 1 is 1.41 bits per heavy atom. The molecule has 0 aliphatic rings. The average molecular weight is 252 g/mol. The molecule has 1 heterocycles. The van der Waals surface area contributed by atoms with Gasteiger partial charge in [-0.2, -0.15) is 0 Å². The first-order chi connectivity index (χ1) is 8.22. The van der Waals surface area contributed by atoms with Crippen LogP contribution in [-0.4, -0.2) is 28.5 Å². The van der Waals surface area contributed by atoms with E-state index in [0.29, 0.717) is 6.61 Å². The second-order valence-electron chi connectivity index (χ2n) is 3.80. The molecule has 0 N–H and O–H groups in total. The van der Waals surface area contributed by atoms with Gasteiger partial charge >= 0.3 is 0 Å². The van der Waals surface area contributed by atoms with Crippen LogP contribution < -0.4 is 0 Å². The SMILES string of the molecule is COCCn1cnnc1-c1ccc(Cl)c(C)c1. The largest absolute Gasteiger partial charge is 0.383 e. The van der Waals surface area contributed by atoms with Crippen molar-refractivity contribution in [1.29, 1.82) is 0 Å². The molecular weight excluding hydrogens is 238 g/mol. The highest BCUT2D eigenvalue weighted by Crippen LogP contribution is 2.23. The predicted molar refractivity (Wildman–Crippen MR) is 67.1 cm³/mol. The summed E-state index contributed by atoms with van der Waals surface area (Å²) in [7, 11) is 1.68. The van der Waals surface area contributed by atoms with Crippen molar-refractivity contribution in [3.8, 4) is 11.4 Å². The molecule has 17 heavy (non-hydrogen) atoms. The Kier molecular flexibility index (Phi) is 3.76. The minimum atomic E-state index is 0.637. The Balaban J connectivity index is 2.32. The molecule has 0 amide bonds. The Labute approximate surface area is 105 Å². The van der Waals surface area contributed by atoms with Crippen LogP contribution in [0.1, 0.15) is 5.56 Å². The Hall–Kier alpha value is -1.39. The van der Waals surface area contributed by atoms with Crippen LogP contribution in [0.4, 0.5) is 0 Å². The van der Waals surface area contributed by atoms with Crippen molar-refractivity contribution in [2.45, 2.75) is 13.5 Å². The fraction of sp³-hybridized carbons (Fsp3) is 0.333. The number of methoxy groups -OCH3 is 1. The molecule has 0 aliphatic carbocycles. The Morgan fingerprint density at radius 2 is 2.24 bits per heavy atom. The van der Waals surface area contributed by atoms with E-state index in [9.17, 15) is 0 Å². The Morgan fingerprint density at radius 3 is 2.94 bits per heavy atom. The van der Waals surface area contributed by atoms with Gasteiger partial charge in [0.15, 0.2) is 5.82 Å². The first kappa shape index (κ1) is 12.1. The number of benzene rings is 1. The van der Waals surface area contributed by atoms with E-state index in [-0.39, 0.29) is 0 Å². The molecule has 2 aromatic rings. The second-order valence-corrected chi connectivity index (χ2v) is 4.21. The van der Waals surface area contributed by atoms with Crippen molar-refractivity contribution in [3.63, 3.8) is 0 Å². The highest BCUT2D eigenvalue weighted by atomic mass is 35.5. The first-order valence-electron chi connectivity index (χ1n) is 5.35. The summed E-state index contributed by atoms with van der Waals surface area (Å²) in [6.45, 7) is 3.35. The highest BCUT2D eigenvalue weighted by Gasteiger charge is 2.08. The van der Waals surface area contributed by atoms with Gasteiger partial charge in [-0.15, -0.1) is 10.2 Å². The molecule has 0 spiro atoms. The third-order valence-electron chi connectivity index (χ3n) is 2.57. The van der Waals surface area contributed by atoms with Gasteiger partial charge in [0, 0.05) is 24.2 Å². The molecule has 0 saturated carbocycles. The molecule has 2 rings (SSSR count). The minimum absolute atomic E-state index is 0.637. The maximum Gasteiger partial charge on any atom is 0.163 e. The van der Waals surface area contributed by atoms with Gasteiger partial charge in [-0.1, -0.05) is 11.6 Å². The molecule has 4 nitrogen and oxygen atoms in total. The summed E-state index contributed by atoms with van der Waals surface area (Å²) in [4.78, 5) is 0. The number of ether oxygens (including phenoxy) is 1. The summed E-state index contributed by atoms with van der Waals surface area (Å²) in [6.07, 6.45) is 1.71. The van der Waals surface area contributed by atoms with E-state index in [1.807, 2.05) is 29.7 Å². The summed E-state index contributed by atoms with van der Waals surface area (Å²) in [5.41, 5.74) is 2.05. The molecule has 0 fully saturated rings. The average Bonchev–Trinajstić information content (AvgIpc) is 2.78. The summed E-state index contributed by atoms with van der Waals surface area (Å²) in [5.74, 6) is 0.835. The van der Waals surface area contributed by atoms with Gasteiger partial charge in [0.05, 0.1) is 6.61 Å². The molecule has 5 heteroatoms. The van der Waals surface area contributed by atoms with Crippen LogP contribution in [-0.2, 0) is 11.3 Å². The van der Waals surface area contributed by atoms with E-state index in [1.54, 1.807) is 13.4 Å². The monoisotopic (exact) mass is 251 g/mol. The maximum absolute atomic E-state index is 6.00. The molecule has 0 bridgehead atoms. The quantitative estimate of drug-likeness (QED) is 0.839. The van der Waals surface area contributed by atoms with Crippen molar-refractivity contribution in [2.24, 2.45) is 0 Å². The number of hydrogen-bond donors (Lipinski definition) is 0. The fourth-order valence-corrected chi connectivity index (χ4v) is 1.73. The van der Waals surface area contributed by atoms with Crippen LogP contribution in [0.2, 0.25) is 5.02 Å². The lowest BCUT2D eigenvalue weighted by molar-refractivity contribution is 0.187. The summed E-state index contributed by atoms with van der Waals surface area (Å²) in [6, 6.07) is 5.83. The Bertz CT molecular complexity index is 510. The van der Waals surface area contributed by atoms with Crippen LogP contribution >= 0.6 is 11.6 Å². The van der Waals surface area contributed by atoms with Crippen LogP contribution in [0, 0.1) is 6.92 Å². The summed E-state index contributed by atoms with van der Waals surface area (Å²) in [5, 5.41) is 8.81. The van der Waals surface area contributed by atoms with Gasteiger partial charge in [-0.05, 0) is 30.7 Å². The molecule has 1 aromatic heterocycles. The lowest BCUT2D eigenvalue weighted by Gasteiger charge is -2.07. The van der Waals surface area contributed by atoms with Crippen molar-refractivity contribution < 1.29 is 4.74 Å². The lowest BCUT2D eigenvalue weighted by Crippen LogP contribution is -2.04. The molecule has 0 radical (unpaired) electrons. The minimum Gasteiger partial charge on any atom is -0.383 e. The van der Waals surface area contributed by atoms with Gasteiger partial charge < -0.3 is 9.30 Å². The van der Waals surface area contributed by atoms with E-state index in [0.717, 1.165) is 28.5 Å². The van der Waals surface area contributed by atoms with E-state index in [2.05, 4.69) is 10.2 Å². The van der Waals surface area contributed by atoms with Crippen LogP contribution in [0.5, 0.6) is 0 Å². The van der Waals surface area contributed by atoms with Crippen molar-refractivity contribution in [1.82, 2.24) is 14.8 Å². The van der Waals surface area contributed by atoms with Crippen molar-refractivity contribution >= 4 is 11.6 Å². The van der Waals surface area contributed by atoms with E-state index >= 15 is 0 Å². The second kappa shape index (κ2) is 5.29. The van der Waals surface area contributed by atoms with Crippen LogP contribution in [0.15, 0.2) is 24.5 Å². The standard InChI is InChI=1S/C12H14ClN3O/c1-9-7-10(3-4-11(9)13)12-15-14-8-16(12)5-6-17-2/h3-4,7-8H,5-6H2,1-2H3. The topological polar surface area (TPSA) is 39.9 Å². The van der Waals surface area contributed by atoms with Crippen LogP contribution in [0.3, 0.4) is 0 Å². The first-order valence-corrected chi connectivity index (χ1v) is 5.73. The smallest absolute Gasteiger partial charge is 0.163 e. The van der Waals surface area contributed by atoms with E-state index in [4.69, 9.17) is 16.3 Å². The van der Waals surface area contributed by atoms with E-state index in [1.165, 1.54) is 0 Å². The highest BCUT2D eigenvalue weighted by molar-refractivity contribution is 6.31. The normalized spacial score (nSPS) is 10.8. The van der Waals surface area contributed by atoms with Crippen molar-refractivity contribution in [2.75, 3.05) is 13.7 Å². The molecule has 90 valence electrons. The molecule has 0 aliphatic heterocycles. The van der Waals surface area contributed by atoms with Gasteiger partial charge in [-0.25, -0.2) is 0 Å². The number of nitrogens with zero attached hydrogens (tertiary/aromatic N) is 3.